The van der Waals surface area contributed by atoms with Gasteiger partial charge in [-0.05, 0) is 44.2 Å². The molecule has 1 aromatic heterocycles. The van der Waals surface area contributed by atoms with Crippen molar-refractivity contribution in [2.75, 3.05) is 0 Å². The van der Waals surface area contributed by atoms with Crippen molar-refractivity contribution in [1.82, 2.24) is 4.57 Å². The summed E-state index contributed by atoms with van der Waals surface area (Å²) in [6.45, 7) is 3.25. The summed E-state index contributed by atoms with van der Waals surface area (Å²) in [5, 5.41) is 9.41. The Labute approximate surface area is 166 Å². The van der Waals surface area contributed by atoms with E-state index in [0.29, 0.717) is 15.8 Å². The molecular weight excluding hydrogens is 409 g/mol. The van der Waals surface area contributed by atoms with Crippen LogP contribution in [-0.4, -0.2) is 27.9 Å². The molecule has 0 saturated carbocycles. The zero-order valence-electron chi connectivity index (χ0n) is 15.2. The smallest absolute Gasteiger partial charge is 0.480 e. The first-order valence-electron chi connectivity index (χ1n) is 8.34. The molecule has 0 fully saturated rings. The normalized spacial score (nSPS) is 13.5. The molecule has 1 N–H and O–H groups in total. The van der Waals surface area contributed by atoms with Crippen molar-refractivity contribution in [2.45, 2.75) is 26.3 Å². The molecule has 1 heterocycles. The fourth-order valence-electron chi connectivity index (χ4n) is 2.63. The van der Waals surface area contributed by atoms with Gasteiger partial charge >= 0.3 is 12.3 Å². The number of hydrogen-bond donors (Lipinski definition) is 1. The minimum atomic E-state index is -4.86. The first-order chi connectivity index (χ1) is 13.5. The van der Waals surface area contributed by atoms with Crippen LogP contribution in [0.2, 0.25) is 0 Å². The fourth-order valence-corrected chi connectivity index (χ4v) is 3.76. The van der Waals surface area contributed by atoms with Gasteiger partial charge in [-0.15, -0.1) is 13.2 Å². The summed E-state index contributed by atoms with van der Waals surface area (Å²) in [5.74, 6) is -2.21. The number of amides is 1. The molecule has 2 aromatic carbocycles. The van der Waals surface area contributed by atoms with E-state index in [2.05, 4.69) is 9.73 Å². The predicted molar refractivity (Wildman–Crippen MR) is 99.9 cm³/mol. The maximum atomic E-state index is 12.5. The summed E-state index contributed by atoms with van der Waals surface area (Å²) >= 11 is 0.901. The quantitative estimate of drug-likeness (QED) is 0.677. The number of fused-ring (bicyclic) bond motifs is 1. The molecule has 0 aliphatic carbocycles. The molecule has 29 heavy (non-hydrogen) atoms. The lowest BCUT2D eigenvalue weighted by Crippen LogP contribution is -2.25. The number of ether oxygens (including phenoxy) is 1. The van der Waals surface area contributed by atoms with Crippen LogP contribution in [0.1, 0.15) is 28.9 Å². The Kier molecular flexibility index (Phi) is 5.47. The second-order valence-electron chi connectivity index (χ2n) is 6.23. The van der Waals surface area contributed by atoms with Crippen molar-refractivity contribution in [3.05, 3.63) is 58.4 Å². The van der Waals surface area contributed by atoms with Crippen LogP contribution in [0.25, 0.3) is 10.2 Å². The highest BCUT2D eigenvalue weighted by Gasteiger charge is 2.31. The summed E-state index contributed by atoms with van der Waals surface area (Å²) in [6.07, 6.45) is -4.86. The molecule has 6 nitrogen and oxygen atoms in total. The Morgan fingerprint density at radius 3 is 2.41 bits per heavy atom. The summed E-state index contributed by atoms with van der Waals surface area (Å²) in [7, 11) is 0. The number of carbonyl (C=O) groups is 2. The van der Waals surface area contributed by atoms with E-state index in [0.717, 1.165) is 29.0 Å². The van der Waals surface area contributed by atoms with E-state index in [9.17, 15) is 27.9 Å². The standard InChI is InChI=1S/C19H15F3N2O4S/c1-10-3-5-12(6-4-10)16(25)23-18-24(11(2)17(26)27)14-8-7-13(9-15(14)29-18)28-19(20,21)22/h3-9,11H,1-2H3,(H,26,27)/b23-18-. The zero-order valence-corrected chi connectivity index (χ0v) is 16.0. The lowest BCUT2D eigenvalue weighted by atomic mass is 10.1. The van der Waals surface area contributed by atoms with Crippen LogP contribution in [0.5, 0.6) is 5.75 Å². The fraction of sp³-hybridized carbons (Fsp3) is 0.211. The van der Waals surface area contributed by atoms with Gasteiger partial charge in [0, 0.05) is 5.56 Å². The zero-order chi connectivity index (χ0) is 21.3. The van der Waals surface area contributed by atoms with Gasteiger partial charge in [-0.25, -0.2) is 4.79 Å². The topological polar surface area (TPSA) is 80.9 Å². The molecule has 1 unspecified atom stereocenters. The van der Waals surface area contributed by atoms with Crippen LogP contribution >= 0.6 is 11.3 Å². The number of halogens is 3. The van der Waals surface area contributed by atoms with Crippen LogP contribution in [0.15, 0.2) is 47.5 Å². The van der Waals surface area contributed by atoms with E-state index in [-0.39, 0.29) is 4.80 Å². The van der Waals surface area contributed by atoms with Gasteiger partial charge in [0.15, 0.2) is 4.80 Å². The molecule has 152 valence electrons. The SMILES string of the molecule is Cc1ccc(C(=O)/N=c2\sc3cc(OC(F)(F)F)ccc3n2C(C)C(=O)O)cc1. The molecule has 1 atom stereocenters. The van der Waals surface area contributed by atoms with Crippen LogP contribution < -0.4 is 9.54 Å². The largest absolute Gasteiger partial charge is 0.573 e. The molecule has 3 aromatic rings. The van der Waals surface area contributed by atoms with Gasteiger partial charge in [0.25, 0.3) is 5.91 Å². The molecule has 0 spiro atoms. The van der Waals surface area contributed by atoms with E-state index < -0.39 is 30.0 Å². The highest BCUT2D eigenvalue weighted by Crippen LogP contribution is 2.29. The molecule has 0 bridgehead atoms. The predicted octanol–water partition coefficient (Wildman–Crippen LogP) is 4.30. The van der Waals surface area contributed by atoms with Gasteiger partial charge < -0.3 is 14.4 Å². The minimum Gasteiger partial charge on any atom is -0.480 e. The third-order valence-corrected chi connectivity index (χ3v) is 5.09. The van der Waals surface area contributed by atoms with E-state index in [1.54, 1.807) is 24.3 Å². The van der Waals surface area contributed by atoms with E-state index in [1.165, 1.54) is 17.6 Å². The van der Waals surface area contributed by atoms with E-state index >= 15 is 0 Å². The first-order valence-corrected chi connectivity index (χ1v) is 9.16. The lowest BCUT2D eigenvalue weighted by Gasteiger charge is -2.11. The number of carboxylic acids is 1. The Morgan fingerprint density at radius 2 is 1.83 bits per heavy atom. The molecule has 0 aliphatic rings. The van der Waals surface area contributed by atoms with Gasteiger partial charge in [0.2, 0.25) is 0 Å². The third kappa shape index (κ3) is 4.65. The average molecular weight is 424 g/mol. The van der Waals surface area contributed by atoms with Crippen molar-refractivity contribution < 1.29 is 32.6 Å². The number of carbonyl (C=O) groups excluding carboxylic acids is 1. The summed E-state index contributed by atoms with van der Waals surface area (Å²) < 4.78 is 43.0. The highest BCUT2D eigenvalue weighted by atomic mass is 32.1. The van der Waals surface area contributed by atoms with E-state index in [1.807, 2.05) is 6.92 Å². The Balaban J connectivity index is 2.15. The number of thiazole rings is 1. The van der Waals surface area contributed by atoms with Crippen LogP contribution in [0.3, 0.4) is 0 Å². The minimum absolute atomic E-state index is 0.0598. The number of alkyl halides is 3. The van der Waals surface area contributed by atoms with Crippen molar-refractivity contribution >= 4 is 33.4 Å². The van der Waals surface area contributed by atoms with Crippen molar-refractivity contribution in [2.24, 2.45) is 4.99 Å². The second-order valence-corrected chi connectivity index (χ2v) is 7.24. The van der Waals surface area contributed by atoms with Gasteiger partial charge in [0.1, 0.15) is 11.8 Å². The molecule has 0 aliphatic heterocycles. The summed E-state index contributed by atoms with van der Waals surface area (Å²) in [5.41, 5.74) is 1.59. The summed E-state index contributed by atoms with van der Waals surface area (Å²) in [4.78, 5) is 28.1. The van der Waals surface area contributed by atoms with Crippen molar-refractivity contribution in [3.8, 4) is 5.75 Å². The summed E-state index contributed by atoms with van der Waals surface area (Å²) in [6, 6.07) is 9.09. The molecule has 3 rings (SSSR count). The second kappa shape index (κ2) is 7.70. The van der Waals surface area contributed by atoms with Crippen molar-refractivity contribution in [3.63, 3.8) is 0 Å². The number of rotatable bonds is 4. The van der Waals surface area contributed by atoms with Crippen LogP contribution in [0.4, 0.5) is 13.2 Å². The highest BCUT2D eigenvalue weighted by molar-refractivity contribution is 7.16. The van der Waals surface area contributed by atoms with Crippen LogP contribution in [-0.2, 0) is 4.79 Å². The van der Waals surface area contributed by atoms with Crippen molar-refractivity contribution in [1.29, 1.82) is 0 Å². The average Bonchev–Trinajstić information content (AvgIpc) is 2.96. The van der Waals surface area contributed by atoms with E-state index in [4.69, 9.17) is 0 Å². The van der Waals surface area contributed by atoms with Gasteiger partial charge in [0.05, 0.1) is 10.2 Å². The maximum absolute atomic E-state index is 12.5. The van der Waals surface area contributed by atoms with Gasteiger partial charge in [-0.3, -0.25) is 4.79 Å². The van der Waals surface area contributed by atoms with Gasteiger partial charge in [-0.2, -0.15) is 4.99 Å². The number of benzene rings is 2. The number of hydrogen-bond acceptors (Lipinski definition) is 4. The number of carboxylic acid groups (broad SMARTS) is 1. The first kappa shape index (κ1) is 20.6. The van der Waals surface area contributed by atoms with Crippen LogP contribution in [0, 0.1) is 6.92 Å². The number of aromatic nitrogens is 1. The number of aliphatic carboxylic acids is 1. The lowest BCUT2D eigenvalue weighted by molar-refractivity contribution is -0.274. The molecule has 10 heteroatoms. The maximum Gasteiger partial charge on any atom is 0.573 e. The molecule has 0 radical (unpaired) electrons. The third-order valence-electron chi connectivity index (χ3n) is 4.07. The number of nitrogens with zero attached hydrogens (tertiary/aromatic N) is 2. The Hall–Kier alpha value is -3.14. The Bertz CT molecular complexity index is 1150. The number of aryl methyl sites for hydroxylation is 1. The molecular formula is C19H15F3N2O4S. The molecule has 0 saturated heterocycles. The Morgan fingerprint density at radius 1 is 1.17 bits per heavy atom. The molecule has 1 amide bonds. The monoisotopic (exact) mass is 424 g/mol. The van der Waals surface area contributed by atoms with Gasteiger partial charge in [-0.1, -0.05) is 29.0 Å².